The van der Waals surface area contributed by atoms with E-state index < -0.39 is 0 Å². The number of imidazole rings is 1. The van der Waals surface area contributed by atoms with Gasteiger partial charge in [-0.2, -0.15) is 4.98 Å². The zero-order chi connectivity index (χ0) is 21.3. The highest BCUT2D eigenvalue weighted by Crippen LogP contribution is 2.35. The Balaban J connectivity index is 1.63. The molecule has 6 nitrogen and oxygen atoms in total. The molecule has 0 radical (unpaired) electrons. The number of rotatable bonds is 8. The van der Waals surface area contributed by atoms with Crippen LogP contribution >= 0.6 is 0 Å². The number of halogens is 1. The molecule has 0 aliphatic heterocycles. The molecule has 158 valence electrons. The number of nitrogens with one attached hydrogen (secondary N) is 1. The summed E-state index contributed by atoms with van der Waals surface area (Å²) in [5.41, 5.74) is 1.68. The van der Waals surface area contributed by atoms with Crippen molar-refractivity contribution in [1.29, 1.82) is 0 Å². The summed E-state index contributed by atoms with van der Waals surface area (Å²) in [5.74, 6) is 1.36. The lowest BCUT2D eigenvalue weighted by molar-refractivity contribution is 0.0923. The van der Waals surface area contributed by atoms with Gasteiger partial charge in [-0.1, -0.05) is 20.8 Å². The minimum absolute atomic E-state index is 0.165. The fourth-order valence-electron chi connectivity index (χ4n) is 3.73. The van der Waals surface area contributed by atoms with Crippen molar-refractivity contribution >= 4 is 11.6 Å². The van der Waals surface area contributed by atoms with Crippen LogP contribution in [0.15, 0.2) is 36.7 Å². The van der Waals surface area contributed by atoms with Gasteiger partial charge >= 0.3 is 0 Å². The van der Waals surface area contributed by atoms with Crippen LogP contribution in [0, 0.1) is 17.7 Å². The maximum Gasteiger partial charge on any atom is 0.274 e. The predicted molar refractivity (Wildman–Crippen MR) is 112 cm³/mol. The molecule has 2 aromatic heterocycles. The quantitative estimate of drug-likeness (QED) is 0.580. The molecule has 0 spiro atoms. The Hall–Kier alpha value is -2.96. The van der Waals surface area contributed by atoms with E-state index >= 15 is 0 Å². The second kappa shape index (κ2) is 8.42. The fourth-order valence-corrected chi connectivity index (χ4v) is 3.73. The van der Waals surface area contributed by atoms with E-state index in [2.05, 4.69) is 29.1 Å². The topological polar surface area (TPSA) is 68.5 Å². The van der Waals surface area contributed by atoms with Crippen molar-refractivity contribution in [3.8, 4) is 11.6 Å². The molecule has 3 aromatic rings. The summed E-state index contributed by atoms with van der Waals surface area (Å²) in [6, 6.07) is 7.73. The maximum absolute atomic E-state index is 13.2. The number of ether oxygens (including phenoxy) is 1. The van der Waals surface area contributed by atoms with Crippen LogP contribution in [0.4, 0.5) is 4.39 Å². The van der Waals surface area contributed by atoms with Gasteiger partial charge in [0.2, 0.25) is 5.88 Å². The van der Waals surface area contributed by atoms with Crippen LogP contribution in [-0.4, -0.2) is 26.3 Å². The first-order chi connectivity index (χ1) is 14.4. The molecule has 1 aromatic carbocycles. The predicted octanol–water partition coefficient (Wildman–Crippen LogP) is 4.78. The smallest absolute Gasteiger partial charge is 0.274 e. The number of carbonyl (C=O) groups excluding carboxylic acids is 1. The Bertz CT molecular complexity index is 1040. The number of hydrogen-bond acceptors (Lipinski definition) is 4. The van der Waals surface area contributed by atoms with Crippen molar-refractivity contribution in [3.63, 3.8) is 0 Å². The molecule has 7 heteroatoms. The summed E-state index contributed by atoms with van der Waals surface area (Å²) >= 11 is 0. The summed E-state index contributed by atoms with van der Waals surface area (Å²) in [5, 5.41) is 3.18. The van der Waals surface area contributed by atoms with Crippen molar-refractivity contribution in [2.24, 2.45) is 11.8 Å². The van der Waals surface area contributed by atoms with Crippen LogP contribution in [-0.2, 0) is 6.42 Å². The molecule has 2 heterocycles. The van der Waals surface area contributed by atoms with E-state index in [4.69, 9.17) is 4.74 Å². The zero-order valence-corrected chi connectivity index (χ0v) is 17.6. The molecule has 1 fully saturated rings. The number of benzene rings is 1. The lowest BCUT2D eigenvalue weighted by atomic mass is 10.00. The number of aromatic nitrogens is 3. The molecule has 1 saturated carbocycles. The third kappa shape index (κ3) is 4.45. The molecule has 1 atom stereocenters. The molecule has 1 amide bonds. The second-order valence-electron chi connectivity index (χ2n) is 8.33. The lowest BCUT2D eigenvalue weighted by Gasteiger charge is -2.19. The summed E-state index contributed by atoms with van der Waals surface area (Å²) in [4.78, 5) is 21.9. The zero-order valence-electron chi connectivity index (χ0n) is 17.6. The highest BCUT2D eigenvalue weighted by molar-refractivity contribution is 5.98. The Morgan fingerprint density at radius 1 is 1.30 bits per heavy atom. The fraction of sp³-hybridized carbons (Fsp3) is 0.435. The largest absolute Gasteiger partial charge is 0.439 e. The average molecular weight is 410 g/mol. The molecule has 1 unspecified atom stereocenters. The van der Waals surface area contributed by atoms with Crippen LogP contribution in [0.5, 0.6) is 11.6 Å². The Morgan fingerprint density at radius 2 is 2.03 bits per heavy atom. The SMILES string of the molecule is CCc1cc(Oc2ccc(F)cc2)nc2c(C(=O)NC(CC(C)C)C3CC3)ncn12. The first-order valence-electron chi connectivity index (χ1n) is 10.6. The molecular weight excluding hydrogens is 383 g/mol. The van der Waals surface area contributed by atoms with Gasteiger partial charge in [0.05, 0.1) is 0 Å². The van der Waals surface area contributed by atoms with Crippen molar-refractivity contribution < 1.29 is 13.9 Å². The van der Waals surface area contributed by atoms with Gasteiger partial charge in [-0.3, -0.25) is 9.20 Å². The molecule has 4 rings (SSSR count). The van der Waals surface area contributed by atoms with Crippen LogP contribution < -0.4 is 10.1 Å². The number of carbonyl (C=O) groups is 1. The number of hydrogen-bond donors (Lipinski definition) is 1. The van der Waals surface area contributed by atoms with Crippen molar-refractivity contribution in [2.45, 2.75) is 52.5 Å². The third-order valence-electron chi connectivity index (χ3n) is 5.40. The van der Waals surface area contributed by atoms with E-state index in [1.54, 1.807) is 18.5 Å². The number of fused-ring (bicyclic) bond motifs is 1. The summed E-state index contributed by atoms with van der Waals surface area (Å²) in [7, 11) is 0. The van der Waals surface area contributed by atoms with Gasteiger partial charge in [0, 0.05) is 17.8 Å². The van der Waals surface area contributed by atoms with E-state index in [0.29, 0.717) is 41.2 Å². The summed E-state index contributed by atoms with van der Waals surface area (Å²) in [6.45, 7) is 6.35. The monoisotopic (exact) mass is 410 g/mol. The Morgan fingerprint density at radius 3 is 2.67 bits per heavy atom. The molecular formula is C23H27FN4O2. The molecule has 1 aliphatic rings. The third-order valence-corrected chi connectivity index (χ3v) is 5.40. The van der Waals surface area contributed by atoms with Gasteiger partial charge in [0.1, 0.15) is 17.9 Å². The van der Waals surface area contributed by atoms with Gasteiger partial charge in [0.25, 0.3) is 5.91 Å². The van der Waals surface area contributed by atoms with E-state index in [1.807, 2.05) is 17.4 Å². The second-order valence-corrected chi connectivity index (χ2v) is 8.33. The summed E-state index contributed by atoms with van der Waals surface area (Å²) < 4.78 is 20.8. The van der Waals surface area contributed by atoms with E-state index in [-0.39, 0.29) is 17.8 Å². The first-order valence-corrected chi connectivity index (χ1v) is 10.6. The molecule has 30 heavy (non-hydrogen) atoms. The standard InChI is InChI=1S/C23H27FN4O2/c1-4-17-12-20(30-18-9-7-16(24)8-10-18)27-22-21(25-13-28(17)22)23(29)26-19(11-14(2)3)15-5-6-15/h7-10,12-15,19H,4-6,11H2,1-3H3,(H,26,29). The average Bonchev–Trinajstić information content (AvgIpc) is 3.47. The number of nitrogens with zero attached hydrogens (tertiary/aromatic N) is 3. The van der Waals surface area contributed by atoms with Crippen LogP contribution in [0.3, 0.4) is 0 Å². The van der Waals surface area contributed by atoms with Crippen molar-refractivity contribution in [1.82, 2.24) is 19.7 Å². The summed E-state index contributed by atoms with van der Waals surface area (Å²) in [6.07, 6.45) is 5.63. The van der Waals surface area contributed by atoms with Crippen LogP contribution in [0.25, 0.3) is 5.65 Å². The van der Waals surface area contributed by atoms with Crippen LogP contribution in [0.1, 0.15) is 56.2 Å². The molecule has 1 aliphatic carbocycles. The van der Waals surface area contributed by atoms with Crippen molar-refractivity contribution in [2.75, 3.05) is 0 Å². The highest BCUT2D eigenvalue weighted by Gasteiger charge is 2.33. The minimum atomic E-state index is -0.332. The van der Waals surface area contributed by atoms with E-state index in [0.717, 1.165) is 25.0 Å². The van der Waals surface area contributed by atoms with Gasteiger partial charge in [-0.05, 0) is 61.8 Å². The van der Waals surface area contributed by atoms with Crippen LogP contribution in [0.2, 0.25) is 0 Å². The highest BCUT2D eigenvalue weighted by atomic mass is 19.1. The van der Waals surface area contributed by atoms with Crippen molar-refractivity contribution in [3.05, 3.63) is 53.9 Å². The lowest BCUT2D eigenvalue weighted by Crippen LogP contribution is -2.37. The Labute approximate surface area is 175 Å². The van der Waals surface area contributed by atoms with Gasteiger partial charge in [-0.15, -0.1) is 0 Å². The van der Waals surface area contributed by atoms with E-state index in [1.165, 1.54) is 12.1 Å². The molecule has 0 saturated heterocycles. The van der Waals surface area contributed by atoms with Gasteiger partial charge in [-0.25, -0.2) is 9.37 Å². The molecule has 1 N–H and O–H groups in total. The normalized spacial score (nSPS) is 14.8. The van der Waals surface area contributed by atoms with E-state index in [9.17, 15) is 9.18 Å². The number of amides is 1. The van der Waals surface area contributed by atoms with Gasteiger partial charge < -0.3 is 10.1 Å². The minimum Gasteiger partial charge on any atom is -0.439 e. The first kappa shape index (κ1) is 20.3. The van der Waals surface area contributed by atoms with Gasteiger partial charge in [0.15, 0.2) is 11.3 Å². The Kier molecular flexibility index (Phi) is 5.70. The number of aryl methyl sites for hydroxylation is 1. The maximum atomic E-state index is 13.2. The molecule has 0 bridgehead atoms.